The van der Waals surface area contributed by atoms with Crippen molar-refractivity contribution in [2.75, 3.05) is 26.7 Å². The first-order chi connectivity index (χ1) is 10.0. The van der Waals surface area contributed by atoms with Gasteiger partial charge < -0.3 is 10.6 Å². The first kappa shape index (κ1) is 16.5. The van der Waals surface area contributed by atoms with Crippen LogP contribution in [0.1, 0.15) is 42.7 Å². The van der Waals surface area contributed by atoms with Crippen LogP contribution < -0.4 is 5.73 Å². The molecule has 1 fully saturated rings. The largest absolute Gasteiger partial charge is 0.342 e. The van der Waals surface area contributed by atoms with Crippen molar-refractivity contribution in [1.82, 2.24) is 9.80 Å². The number of thiophene rings is 1. The van der Waals surface area contributed by atoms with Crippen molar-refractivity contribution in [1.29, 1.82) is 0 Å². The number of aryl methyl sites for hydroxylation is 1. The van der Waals surface area contributed by atoms with E-state index in [1.54, 1.807) is 11.3 Å². The number of carbonyl (C=O) groups is 1. The first-order valence-electron chi connectivity index (χ1n) is 7.82. The molecule has 0 aromatic carbocycles. The normalized spacial score (nSPS) is 18.2. The second-order valence-electron chi connectivity index (χ2n) is 5.99. The summed E-state index contributed by atoms with van der Waals surface area (Å²) in [6.07, 6.45) is 3.18. The molecule has 1 saturated heterocycles. The fourth-order valence-electron chi connectivity index (χ4n) is 3.01. The molecular formula is C16H27N3OS. The van der Waals surface area contributed by atoms with Gasteiger partial charge in [-0.2, -0.15) is 0 Å². The van der Waals surface area contributed by atoms with E-state index in [0.29, 0.717) is 6.54 Å². The minimum Gasteiger partial charge on any atom is -0.342 e. The molecule has 4 nitrogen and oxygen atoms in total. The molecule has 1 aromatic heterocycles. The Bertz CT molecular complexity index is 468. The molecule has 2 unspecified atom stereocenters. The molecule has 2 atom stereocenters. The van der Waals surface area contributed by atoms with E-state index in [4.69, 9.17) is 5.73 Å². The molecule has 0 bridgehead atoms. The molecule has 2 N–H and O–H groups in total. The summed E-state index contributed by atoms with van der Waals surface area (Å²) >= 11 is 1.74. The van der Waals surface area contributed by atoms with E-state index in [1.807, 2.05) is 11.9 Å². The minimum absolute atomic E-state index is 0.0544. The summed E-state index contributed by atoms with van der Waals surface area (Å²) < 4.78 is 0. The highest BCUT2D eigenvalue weighted by atomic mass is 32.1. The molecule has 1 aliphatic heterocycles. The average Bonchev–Trinajstić information content (AvgIpc) is 3.11. The number of likely N-dealkylation sites (tertiary alicyclic amines) is 1. The monoisotopic (exact) mass is 309 g/mol. The summed E-state index contributed by atoms with van der Waals surface area (Å²) in [5.41, 5.74) is 7.62. The SMILES string of the molecule is CCC(N)C(c1sccc1C)N(C)CC(=O)N1CCCC1. The Hall–Kier alpha value is -0.910. The van der Waals surface area contributed by atoms with Crippen LogP contribution in [-0.2, 0) is 4.79 Å². The van der Waals surface area contributed by atoms with Crippen LogP contribution >= 0.6 is 11.3 Å². The molecule has 21 heavy (non-hydrogen) atoms. The number of likely N-dealkylation sites (N-methyl/N-ethyl adjacent to an activating group) is 1. The molecule has 0 spiro atoms. The molecule has 0 radical (unpaired) electrons. The molecule has 5 heteroatoms. The van der Waals surface area contributed by atoms with Gasteiger partial charge in [0.15, 0.2) is 0 Å². The summed E-state index contributed by atoms with van der Waals surface area (Å²) in [4.78, 5) is 17.8. The van der Waals surface area contributed by atoms with Crippen LogP contribution in [0, 0.1) is 6.92 Å². The number of nitrogens with zero attached hydrogens (tertiary/aromatic N) is 2. The zero-order valence-corrected chi connectivity index (χ0v) is 14.2. The second-order valence-corrected chi connectivity index (χ2v) is 6.94. The van der Waals surface area contributed by atoms with Crippen LogP contribution in [0.25, 0.3) is 0 Å². The number of hydrogen-bond acceptors (Lipinski definition) is 4. The number of carbonyl (C=O) groups excluding carboxylic acids is 1. The van der Waals surface area contributed by atoms with Gasteiger partial charge in [0.25, 0.3) is 0 Å². The molecule has 2 rings (SSSR count). The molecule has 0 saturated carbocycles. The molecule has 0 aliphatic carbocycles. The van der Waals surface area contributed by atoms with Gasteiger partial charge in [-0.3, -0.25) is 9.69 Å². The summed E-state index contributed by atoms with van der Waals surface area (Å²) in [7, 11) is 2.02. The van der Waals surface area contributed by atoms with Gasteiger partial charge >= 0.3 is 0 Å². The van der Waals surface area contributed by atoms with Crippen LogP contribution in [0.2, 0.25) is 0 Å². The Kier molecular flexibility index (Phi) is 5.79. The smallest absolute Gasteiger partial charge is 0.236 e. The van der Waals surface area contributed by atoms with Gasteiger partial charge in [-0.25, -0.2) is 0 Å². The lowest BCUT2D eigenvalue weighted by atomic mass is 10.0. The fourth-order valence-corrected chi connectivity index (χ4v) is 4.18. The quantitative estimate of drug-likeness (QED) is 0.878. The van der Waals surface area contributed by atoms with E-state index < -0.39 is 0 Å². The van der Waals surface area contributed by atoms with E-state index in [1.165, 1.54) is 10.4 Å². The number of amides is 1. The molecule has 1 amide bonds. The van der Waals surface area contributed by atoms with Gasteiger partial charge in [0.1, 0.15) is 0 Å². The van der Waals surface area contributed by atoms with Crippen LogP contribution in [-0.4, -0.2) is 48.4 Å². The van der Waals surface area contributed by atoms with Crippen molar-refractivity contribution in [3.05, 3.63) is 21.9 Å². The second kappa shape index (κ2) is 7.38. The summed E-state index contributed by atoms with van der Waals surface area (Å²) in [6, 6.07) is 2.31. The third-order valence-electron chi connectivity index (χ3n) is 4.37. The zero-order chi connectivity index (χ0) is 15.4. The van der Waals surface area contributed by atoms with Gasteiger partial charge in [0, 0.05) is 24.0 Å². The van der Waals surface area contributed by atoms with Gasteiger partial charge in [-0.05, 0) is 50.2 Å². The third-order valence-corrected chi connectivity index (χ3v) is 5.46. The Labute approximate surface area is 131 Å². The highest BCUT2D eigenvalue weighted by molar-refractivity contribution is 7.10. The van der Waals surface area contributed by atoms with Crippen molar-refractivity contribution in [3.63, 3.8) is 0 Å². The van der Waals surface area contributed by atoms with Gasteiger partial charge in [0.2, 0.25) is 5.91 Å². The fraction of sp³-hybridized carbons (Fsp3) is 0.688. The van der Waals surface area contributed by atoms with Crippen LogP contribution in [0.4, 0.5) is 0 Å². The number of rotatable bonds is 6. The average molecular weight is 309 g/mol. The summed E-state index contributed by atoms with van der Waals surface area (Å²) in [5, 5.41) is 2.11. The maximum absolute atomic E-state index is 12.4. The standard InChI is InChI=1S/C16H27N3OS/c1-4-13(17)15(16-12(2)7-10-21-16)18(3)11-14(20)19-8-5-6-9-19/h7,10,13,15H,4-6,8-9,11,17H2,1-3H3. The summed E-state index contributed by atoms with van der Waals surface area (Å²) in [5.74, 6) is 0.234. The number of hydrogen-bond donors (Lipinski definition) is 1. The lowest BCUT2D eigenvalue weighted by Gasteiger charge is -2.33. The first-order valence-corrected chi connectivity index (χ1v) is 8.70. The lowest BCUT2D eigenvalue weighted by Crippen LogP contribution is -2.44. The number of nitrogens with two attached hydrogens (primary N) is 1. The molecule has 1 aromatic rings. The molecule has 118 valence electrons. The maximum Gasteiger partial charge on any atom is 0.236 e. The lowest BCUT2D eigenvalue weighted by molar-refractivity contribution is -0.131. The molecular weight excluding hydrogens is 282 g/mol. The van der Waals surface area contributed by atoms with Crippen molar-refractivity contribution in [3.8, 4) is 0 Å². The van der Waals surface area contributed by atoms with Crippen molar-refractivity contribution < 1.29 is 4.79 Å². The van der Waals surface area contributed by atoms with Crippen molar-refractivity contribution in [2.24, 2.45) is 5.73 Å². The third kappa shape index (κ3) is 3.84. The van der Waals surface area contributed by atoms with E-state index in [2.05, 4.69) is 30.2 Å². The van der Waals surface area contributed by atoms with E-state index in [-0.39, 0.29) is 18.0 Å². The predicted octanol–water partition coefficient (Wildman–Crippen LogP) is 2.39. The Morgan fingerprint density at radius 1 is 1.48 bits per heavy atom. The Balaban J connectivity index is 2.09. The summed E-state index contributed by atoms with van der Waals surface area (Å²) in [6.45, 7) is 6.51. The van der Waals surface area contributed by atoms with E-state index in [9.17, 15) is 4.79 Å². The zero-order valence-electron chi connectivity index (χ0n) is 13.3. The van der Waals surface area contributed by atoms with Crippen LogP contribution in [0.3, 0.4) is 0 Å². The minimum atomic E-state index is 0.0544. The highest BCUT2D eigenvalue weighted by Crippen LogP contribution is 2.31. The predicted molar refractivity (Wildman–Crippen MR) is 88.5 cm³/mol. The van der Waals surface area contributed by atoms with Crippen molar-refractivity contribution in [2.45, 2.75) is 45.2 Å². The maximum atomic E-state index is 12.4. The Morgan fingerprint density at radius 2 is 2.14 bits per heavy atom. The van der Waals surface area contributed by atoms with Crippen LogP contribution in [0.5, 0.6) is 0 Å². The van der Waals surface area contributed by atoms with Gasteiger partial charge in [-0.15, -0.1) is 11.3 Å². The van der Waals surface area contributed by atoms with Gasteiger partial charge in [0.05, 0.1) is 12.6 Å². The highest BCUT2D eigenvalue weighted by Gasteiger charge is 2.28. The van der Waals surface area contributed by atoms with Crippen LogP contribution in [0.15, 0.2) is 11.4 Å². The van der Waals surface area contributed by atoms with Crippen molar-refractivity contribution >= 4 is 17.2 Å². The van der Waals surface area contributed by atoms with E-state index in [0.717, 1.165) is 32.4 Å². The molecule has 2 heterocycles. The Morgan fingerprint density at radius 3 is 2.67 bits per heavy atom. The van der Waals surface area contributed by atoms with Gasteiger partial charge in [-0.1, -0.05) is 6.92 Å². The topological polar surface area (TPSA) is 49.6 Å². The molecule has 1 aliphatic rings. The van der Waals surface area contributed by atoms with E-state index >= 15 is 0 Å².